The molecule has 272 valence electrons. The van der Waals surface area contributed by atoms with Gasteiger partial charge in [-0.2, -0.15) is 0 Å². The van der Waals surface area contributed by atoms with Crippen LogP contribution in [0.3, 0.4) is 0 Å². The molecule has 9 aromatic rings. The average molecular weight is 732 g/mol. The topological polar surface area (TPSA) is 12.6 Å². The van der Waals surface area contributed by atoms with Crippen LogP contribution in [0.5, 0.6) is 0 Å². The first-order valence-corrected chi connectivity index (χ1v) is 20.5. The van der Waals surface area contributed by atoms with Crippen molar-refractivity contribution in [1.29, 1.82) is 0 Å². The number of para-hydroxylation sites is 4. The second kappa shape index (κ2) is 12.9. The number of hydrogen-bond acceptors (Lipinski definition) is 1. The molecule has 0 spiro atoms. The first-order chi connectivity index (χ1) is 28.3. The van der Waals surface area contributed by atoms with Crippen LogP contribution in [-0.4, -0.2) is 8.97 Å². The third kappa shape index (κ3) is 5.05. The number of rotatable bonds is 6. The summed E-state index contributed by atoms with van der Waals surface area (Å²) >= 11 is 0. The summed E-state index contributed by atoms with van der Waals surface area (Å²) < 4.78 is 4.88. The molecule has 3 heteroatoms. The second-order valence-corrected chi connectivity index (χ2v) is 15.9. The summed E-state index contributed by atoms with van der Waals surface area (Å²) in [5, 5.41) is 7.71. The molecule has 0 N–H and O–H groups in total. The third-order valence-electron chi connectivity index (χ3n) is 12.8. The van der Waals surface area contributed by atoms with E-state index < -0.39 is 0 Å². The van der Waals surface area contributed by atoms with Crippen LogP contribution < -0.4 is 4.90 Å². The number of nitrogens with zero attached hydrogens (tertiary/aromatic N) is 3. The number of benzene rings is 6. The van der Waals surface area contributed by atoms with E-state index in [9.17, 15) is 0 Å². The SMILES string of the molecule is C1=CCCC(C2=CC=C(C3=CC=C(N(c4ccc5c(c4)c4ccccc4n5-c4ccccc4)c4cc5c6ccccc6n6c7ccccc7c(c4)c56)CC3)CC2)=C1. The fourth-order valence-corrected chi connectivity index (χ4v) is 10.1. The number of aromatic nitrogens is 2. The molecular weight excluding hydrogens is 691 g/mol. The number of hydrogen-bond donors (Lipinski definition) is 0. The summed E-state index contributed by atoms with van der Waals surface area (Å²) in [6.45, 7) is 0. The molecule has 57 heavy (non-hydrogen) atoms. The van der Waals surface area contributed by atoms with Crippen molar-refractivity contribution in [2.24, 2.45) is 0 Å². The summed E-state index contributed by atoms with van der Waals surface area (Å²) in [4.78, 5) is 2.56. The standard InChI is InChI=1S/C54H41N3/c1-3-13-36(14-4-1)37-23-25-38(26-24-37)39-27-29-41(30-28-39)55(42-31-32-53-47(33-42)44-17-7-10-20-50(44)56(53)40-15-5-2-6-16-40)43-34-48-45-18-8-11-21-51(45)57-52-22-12-9-19-46(52)49(35-43)54(48)57/h1-3,5-13,15-23,25,27,29,31-35H,4,14,24,26,28,30H2. The highest BCUT2D eigenvalue weighted by Gasteiger charge is 2.25. The quantitative estimate of drug-likeness (QED) is 0.166. The molecule has 0 fully saturated rings. The Balaban J connectivity index is 1.06. The Morgan fingerprint density at radius 1 is 0.404 bits per heavy atom. The molecule has 3 aliphatic carbocycles. The van der Waals surface area contributed by atoms with E-state index in [0.29, 0.717) is 0 Å². The van der Waals surface area contributed by atoms with Gasteiger partial charge in [0.25, 0.3) is 0 Å². The number of allylic oxidation sites excluding steroid dienone is 12. The molecule has 0 aliphatic heterocycles. The van der Waals surface area contributed by atoms with E-state index in [0.717, 1.165) is 38.5 Å². The molecule has 0 radical (unpaired) electrons. The summed E-state index contributed by atoms with van der Waals surface area (Å²) in [5.74, 6) is 0. The van der Waals surface area contributed by atoms with Gasteiger partial charge in [0.1, 0.15) is 0 Å². The molecule has 0 saturated heterocycles. The van der Waals surface area contributed by atoms with Crippen molar-refractivity contribution in [3.8, 4) is 5.69 Å². The van der Waals surface area contributed by atoms with Gasteiger partial charge in [0.2, 0.25) is 0 Å². The average Bonchev–Trinajstić information content (AvgIpc) is 3.92. The fourth-order valence-electron chi connectivity index (χ4n) is 10.1. The van der Waals surface area contributed by atoms with Crippen LogP contribution in [0.4, 0.5) is 11.4 Å². The predicted octanol–water partition coefficient (Wildman–Crippen LogP) is 14.6. The molecule has 3 heterocycles. The van der Waals surface area contributed by atoms with Crippen molar-refractivity contribution in [1.82, 2.24) is 8.97 Å². The maximum absolute atomic E-state index is 2.56. The Labute approximate surface area is 332 Å². The normalized spacial score (nSPS) is 16.1. The van der Waals surface area contributed by atoms with Gasteiger partial charge in [-0.05, 0) is 128 Å². The Morgan fingerprint density at radius 2 is 0.947 bits per heavy atom. The molecule has 3 aliphatic rings. The molecule has 12 rings (SSSR count). The minimum absolute atomic E-state index is 0.964. The minimum atomic E-state index is 0.964. The van der Waals surface area contributed by atoms with Crippen molar-refractivity contribution < 1.29 is 0 Å². The van der Waals surface area contributed by atoms with Gasteiger partial charge in [-0.3, -0.25) is 0 Å². The van der Waals surface area contributed by atoms with Crippen molar-refractivity contribution in [3.05, 3.63) is 204 Å². The van der Waals surface area contributed by atoms with Crippen LogP contribution in [-0.2, 0) is 0 Å². The van der Waals surface area contributed by atoms with Crippen LogP contribution in [0.25, 0.3) is 65.6 Å². The zero-order valence-electron chi connectivity index (χ0n) is 31.8. The Kier molecular flexibility index (Phi) is 7.31. The third-order valence-corrected chi connectivity index (χ3v) is 12.8. The zero-order valence-corrected chi connectivity index (χ0v) is 31.8. The van der Waals surface area contributed by atoms with E-state index in [1.54, 1.807) is 0 Å². The highest BCUT2D eigenvalue weighted by Crippen LogP contribution is 2.46. The maximum Gasteiger partial charge on any atom is 0.0622 e. The highest BCUT2D eigenvalue weighted by atomic mass is 15.2. The second-order valence-electron chi connectivity index (χ2n) is 15.9. The van der Waals surface area contributed by atoms with E-state index in [4.69, 9.17) is 0 Å². The van der Waals surface area contributed by atoms with Gasteiger partial charge >= 0.3 is 0 Å². The van der Waals surface area contributed by atoms with Gasteiger partial charge < -0.3 is 13.9 Å². The Bertz CT molecular complexity index is 3200. The molecule has 3 aromatic heterocycles. The van der Waals surface area contributed by atoms with Crippen LogP contribution in [0, 0.1) is 0 Å². The largest absolute Gasteiger partial charge is 0.314 e. The molecule has 0 amide bonds. The first-order valence-electron chi connectivity index (χ1n) is 20.5. The van der Waals surface area contributed by atoms with E-state index in [-0.39, 0.29) is 0 Å². The highest BCUT2D eigenvalue weighted by molar-refractivity contribution is 6.24. The fraction of sp³-hybridized carbons (Fsp3) is 0.111. The van der Waals surface area contributed by atoms with E-state index in [1.165, 1.54) is 105 Å². The lowest BCUT2D eigenvalue weighted by Gasteiger charge is -2.31. The number of anilines is 2. The molecule has 0 atom stereocenters. The minimum Gasteiger partial charge on any atom is -0.314 e. The summed E-state index contributed by atoms with van der Waals surface area (Å²) in [5.41, 5.74) is 17.1. The van der Waals surface area contributed by atoms with Gasteiger partial charge in [-0.15, -0.1) is 0 Å². The molecular formula is C54H41N3. The van der Waals surface area contributed by atoms with Crippen LogP contribution in [0.2, 0.25) is 0 Å². The molecule has 3 nitrogen and oxygen atoms in total. The van der Waals surface area contributed by atoms with Crippen LogP contribution >= 0.6 is 0 Å². The monoisotopic (exact) mass is 731 g/mol. The van der Waals surface area contributed by atoms with Crippen molar-refractivity contribution in [2.45, 2.75) is 38.5 Å². The van der Waals surface area contributed by atoms with Gasteiger partial charge in [0.15, 0.2) is 0 Å². The van der Waals surface area contributed by atoms with E-state index in [1.807, 2.05) is 0 Å². The van der Waals surface area contributed by atoms with Gasteiger partial charge in [0, 0.05) is 55.1 Å². The zero-order chi connectivity index (χ0) is 37.5. The van der Waals surface area contributed by atoms with Crippen molar-refractivity contribution in [2.75, 3.05) is 4.90 Å². The molecule has 0 bridgehead atoms. The summed E-state index contributed by atoms with van der Waals surface area (Å²) in [6.07, 6.45) is 23.0. The van der Waals surface area contributed by atoms with Crippen molar-refractivity contribution >= 4 is 71.3 Å². The number of fused-ring (bicyclic) bond motifs is 9. The molecule has 6 aromatic carbocycles. The summed E-state index contributed by atoms with van der Waals surface area (Å²) in [7, 11) is 0. The molecule has 0 saturated carbocycles. The van der Waals surface area contributed by atoms with Crippen LogP contribution in [0.15, 0.2) is 204 Å². The maximum atomic E-state index is 2.56. The Morgan fingerprint density at radius 3 is 1.56 bits per heavy atom. The van der Waals surface area contributed by atoms with Gasteiger partial charge in [0.05, 0.1) is 27.6 Å². The lowest BCUT2D eigenvalue weighted by atomic mass is 9.84. The van der Waals surface area contributed by atoms with Gasteiger partial charge in [-0.1, -0.05) is 109 Å². The smallest absolute Gasteiger partial charge is 0.0622 e. The first kappa shape index (κ1) is 32.4. The lowest BCUT2D eigenvalue weighted by Crippen LogP contribution is -2.18. The molecule has 0 unspecified atom stereocenters. The van der Waals surface area contributed by atoms with E-state index >= 15 is 0 Å². The lowest BCUT2D eigenvalue weighted by molar-refractivity contribution is 0.829. The predicted molar refractivity (Wildman–Crippen MR) is 241 cm³/mol. The Hall–Kier alpha value is -6.84. The van der Waals surface area contributed by atoms with Crippen molar-refractivity contribution in [3.63, 3.8) is 0 Å². The van der Waals surface area contributed by atoms with Gasteiger partial charge in [-0.25, -0.2) is 0 Å². The van der Waals surface area contributed by atoms with E-state index in [2.05, 4.69) is 190 Å². The summed E-state index contributed by atoms with van der Waals surface area (Å²) in [6, 6.07) is 49.4. The van der Waals surface area contributed by atoms with Crippen LogP contribution in [0.1, 0.15) is 38.5 Å².